The summed E-state index contributed by atoms with van der Waals surface area (Å²) in [6.45, 7) is 15.8. The summed E-state index contributed by atoms with van der Waals surface area (Å²) in [7, 11) is 0. The van der Waals surface area contributed by atoms with Crippen molar-refractivity contribution >= 4 is 11.7 Å². The summed E-state index contributed by atoms with van der Waals surface area (Å²) in [6, 6.07) is 0. The molecule has 0 aromatic rings. The number of hydrogen-bond acceptors (Lipinski definition) is 2. The van der Waals surface area contributed by atoms with Crippen LogP contribution >= 0.6 is 0 Å². The lowest BCUT2D eigenvalue weighted by atomic mass is 9.57. The molecule has 3 atom stereocenters. The van der Waals surface area contributed by atoms with Gasteiger partial charge in [0.2, 0.25) is 5.91 Å². The SMILES string of the molecule is C=CC(=O)CCC1CC(C)(C)C(C)(NC(=O)C=C)CC1C. The number of amides is 1. The zero-order chi connectivity index (χ0) is 16.3. The molecule has 1 amide bonds. The highest BCUT2D eigenvalue weighted by molar-refractivity contribution is 5.89. The average molecular weight is 291 g/mol. The van der Waals surface area contributed by atoms with Crippen LogP contribution in [0.25, 0.3) is 0 Å². The summed E-state index contributed by atoms with van der Waals surface area (Å²) in [6.07, 6.45) is 6.15. The van der Waals surface area contributed by atoms with Crippen LogP contribution in [-0.4, -0.2) is 17.2 Å². The first-order chi connectivity index (χ1) is 9.65. The van der Waals surface area contributed by atoms with Gasteiger partial charge in [0.15, 0.2) is 5.78 Å². The van der Waals surface area contributed by atoms with E-state index in [1.807, 2.05) is 0 Å². The number of hydrogen-bond donors (Lipinski definition) is 1. The zero-order valence-electron chi connectivity index (χ0n) is 13.9. The number of nitrogens with one attached hydrogen (secondary N) is 1. The highest BCUT2D eigenvalue weighted by Gasteiger charge is 2.48. The van der Waals surface area contributed by atoms with Crippen molar-refractivity contribution in [3.05, 3.63) is 25.3 Å². The van der Waals surface area contributed by atoms with E-state index in [-0.39, 0.29) is 22.6 Å². The first-order valence-corrected chi connectivity index (χ1v) is 7.75. The molecule has 1 fully saturated rings. The second-order valence-corrected chi connectivity index (χ2v) is 7.26. The van der Waals surface area contributed by atoms with Crippen molar-refractivity contribution in [3.63, 3.8) is 0 Å². The van der Waals surface area contributed by atoms with E-state index >= 15 is 0 Å². The topological polar surface area (TPSA) is 46.2 Å². The second kappa shape index (κ2) is 6.59. The van der Waals surface area contributed by atoms with Gasteiger partial charge < -0.3 is 5.32 Å². The fourth-order valence-corrected chi connectivity index (χ4v) is 3.53. The van der Waals surface area contributed by atoms with Crippen molar-refractivity contribution in [1.29, 1.82) is 0 Å². The molecule has 3 heteroatoms. The minimum absolute atomic E-state index is 0.0138. The Bertz CT molecular complexity index is 438. The van der Waals surface area contributed by atoms with Gasteiger partial charge >= 0.3 is 0 Å². The fraction of sp³-hybridized carbons (Fsp3) is 0.667. The molecule has 118 valence electrons. The van der Waals surface area contributed by atoms with Crippen molar-refractivity contribution in [2.45, 2.75) is 58.9 Å². The molecule has 1 aliphatic rings. The standard InChI is InChI=1S/C18H29NO2/c1-7-15(20)10-9-14-12-17(4,5)18(6,11-13(14)3)19-16(21)8-2/h7-8,13-14H,1-2,9-12H2,3-6H3,(H,19,21). The van der Waals surface area contributed by atoms with E-state index in [1.54, 1.807) is 0 Å². The van der Waals surface area contributed by atoms with Gasteiger partial charge in [-0.15, -0.1) is 0 Å². The predicted octanol–water partition coefficient (Wildman–Crippen LogP) is 3.65. The Kier molecular flexibility index (Phi) is 5.54. The third kappa shape index (κ3) is 4.05. The van der Waals surface area contributed by atoms with Crippen LogP contribution in [0.5, 0.6) is 0 Å². The highest BCUT2D eigenvalue weighted by atomic mass is 16.1. The first-order valence-electron chi connectivity index (χ1n) is 7.75. The molecule has 0 aliphatic heterocycles. The minimum atomic E-state index is -0.239. The van der Waals surface area contributed by atoms with Crippen LogP contribution in [0.3, 0.4) is 0 Å². The summed E-state index contributed by atoms with van der Waals surface area (Å²) >= 11 is 0. The second-order valence-electron chi connectivity index (χ2n) is 7.26. The van der Waals surface area contributed by atoms with E-state index in [1.165, 1.54) is 12.2 Å². The predicted molar refractivity (Wildman–Crippen MR) is 86.9 cm³/mol. The third-order valence-electron chi connectivity index (χ3n) is 5.37. The van der Waals surface area contributed by atoms with Gasteiger partial charge in [-0.2, -0.15) is 0 Å². The first kappa shape index (κ1) is 17.7. The third-order valence-corrected chi connectivity index (χ3v) is 5.37. The van der Waals surface area contributed by atoms with Crippen molar-refractivity contribution < 1.29 is 9.59 Å². The quantitative estimate of drug-likeness (QED) is 0.759. The molecule has 3 nitrogen and oxygen atoms in total. The van der Waals surface area contributed by atoms with E-state index in [9.17, 15) is 9.59 Å². The molecule has 3 unspecified atom stereocenters. The number of carbonyl (C=O) groups is 2. The van der Waals surface area contributed by atoms with Crippen LogP contribution in [0.1, 0.15) is 53.4 Å². The van der Waals surface area contributed by atoms with Crippen molar-refractivity contribution in [2.24, 2.45) is 17.3 Å². The Morgan fingerprint density at radius 1 is 1.19 bits per heavy atom. The lowest BCUT2D eigenvalue weighted by molar-refractivity contribution is -0.121. The molecule has 1 saturated carbocycles. The Morgan fingerprint density at radius 2 is 1.81 bits per heavy atom. The smallest absolute Gasteiger partial charge is 0.243 e. The van der Waals surface area contributed by atoms with Crippen molar-refractivity contribution in [2.75, 3.05) is 0 Å². The van der Waals surface area contributed by atoms with Gasteiger partial charge in [-0.1, -0.05) is 33.9 Å². The average Bonchev–Trinajstić information content (AvgIpc) is 2.40. The molecule has 0 spiro atoms. The maximum Gasteiger partial charge on any atom is 0.243 e. The van der Waals surface area contributed by atoms with E-state index < -0.39 is 0 Å². The molecule has 0 heterocycles. The molecule has 0 radical (unpaired) electrons. The maximum atomic E-state index is 11.7. The molecule has 1 aliphatic carbocycles. The van der Waals surface area contributed by atoms with Crippen LogP contribution in [0, 0.1) is 17.3 Å². The highest BCUT2D eigenvalue weighted by Crippen LogP contribution is 2.49. The summed E-state index contributed by atoms with van der Waals surface area (Å²) in [5.74, 6) is 0.995. The van der Waals surface area contributed by atoms with Gasteiger partial charge in [-0.05, 0) is 55.6 Å². The lowest BCUT2D eigenvalue weighted by Crippen LogP contribution is -2.60. The van der Waals surface area contributed by atoms with Crippen LogP contribution in [0.4, 0.5) is 0 Å². The van der Waals surface area contributed by atoms with Crippen molar-refractivity contribution in [3.8, 4) is 0 Å². The largest absolute Gasteiger partial charge is 0.347 e. The monoisotopic (exact) mass is 291 g/mol. The molecule has 1 N–H and O–H groups in total. The Morgan fingerprint density at radius 3 is 2.33 bits per heavy atom. The molecule has 0 aromatic carbocycles. The van der Waals surface area contributed by atoms with Crippen molar-refractivity contribution in [1.82, 2.24) is 5.32 Å². The number of allylic oxidation sites excluding steroid dienone is 1. The molecule has 0 saturated heterocycles. The summed E-state index contributed by atoms with van der Waals surface area (Å²) in [5.41, 5.74) is -0.253. The molecular formula is C18H29NO2. The Hall–Kier alpha value is -1.38. The van der Waals surface area contributed by atoms with E-state index in [2.05, 4.69) is 46.2 Å². The van der Waals surface area contributed by atoms with E-state index in [4.69, 9.17) is 0 Å². The van der Waals surface area contributed by atoms with Crippen LogP contribution in [0.2, 0.25) is 0 Å². The minimum Gasteiger partial charge on any atom is -0.347 e. The fourth-order valence-electron chi connectivity index (χ4n) is 3.53. The van der Waals surface area contributed by atoms with Gasteiger partial charge in [0.05, 0.1) is 0 Å². The molecular weight excluding hydrogens is 262 g/mol. The molecule has 1 rings (SSSR count). The molecule has 0 bridgehead atoms. The van der Waals surface area contributed by atoms with Gasteiger partial charge in [-0.3, -0.25) is 9.59 Å². The van der Waals surface area contributed by atoms with Crippen LogP contribution in [0.15, 0.2) is 25.3 Å². The number of ketones is 1. The molecule has 0 aromatic heterocycles. The summed E-state index contributed by atoms with van der Waals surface area (Å²) < 4.78 is 0. The van der Waals surface area contributed by atoms with Gasteiger partial charge in [0.25, 0.3) is 0 Å². The van der Waals surface area contributed by atoms with Gasteiger partial charge in [0, 0.05) is 12.0 Å². The van der Waals surface area contributed by atoms with E-state index in [0.29, 0.717) is 18.3 Å². The Balaban J connectivity index is 2.80. The van der Waals surface area contributed by atoms with E-state index in [0.717, 1.165) is 19.3 Å². The zero-order valence-corrected chi connectivity index (χ0v) is 13.9. The number of rotatable bonds is 6. The van der Waals surface area contributed by atoms with Crippen LogP contribution < -0.4 is 5.32 Å². The lowest BCUT2D eigenvalue weighted by Gasteiger charge is -2.53. The molecule has 21 heavy (non-hydrogen) atoms. The Labute approximate surface area is 128 Å². The van der Waals surface area contributed by atoms with Gasteiger partial charge in [0.1, 0.15) is 0 Å². The number of carbonyl (C=O) groups excluding carboxylic acids is 2. The normalized spacial score (nSPS) is 31.2. The summed E-state index contributed by atoms with van der Waals surface area (Å²) in [5, 5.41) is 3.12. The summed E-state index contributed by atoms with van der Waals surface area (Å²) in [4.78, 5) is 23.2. The maximum absolute atomic E-state index is 11.7. The van der Waals surface area contributed by atoms with Gasteiger partial charge in [-0.25, -0.2) is 0 Å². The van der Waals surface area contributed by atoms with Crippen LogP contribution in [-0.2, 0) is 9.59 Å².